The maximum atomic E-state index is 13.8. The molecule has 5 heteroatoms. The van der Waals surface area contributed by atoms with Crippen molar-refractivity contribution in [1.29, 1.82) is 0 Å². The van der Waals surface area contributed by atoms with Crippen LogP contribution < -0.4 is 0 Å². The van der Waals surface area contributed by atoms with Crippen molar-refractivity contribution < 1.29 is 13.6 Å². The summed E-state index contributed by atoms with van der Waals surface area (Å²) in [5.74, 6) is -1.73. The molecule has 0 aromatic heterocycles. The molecule has 19 heavy (non-hydrogen) atoms. The van der Waals surface area contributed by atoms with Crippen molar-refractivity contribution in [2.24, 2.45) is 0 Å². The van der Waals surface area contributed by atoms with Crippen molar-refractivity contribution in [3.8, 4) is 0 Å². The first-order chi connectivity index (χ1) is 9.04. The van der Waals surface area contributed by atoms with E-state index in [0.717, 1.165) is 30.7 Å². The van der Waals surface area contributed by atoms with Crippen molar-refractivity contribution >= 4 is 21.8 Å². The third-order valence-electron chi connectivity index (χ3n) is 3.56. The van der Waals surface area contributed by atoms with Crippen LogP contribution in [0.5, 0.6) is 0 Å². The lowest BCUT2D eigenvalue weighted by molar-refractivity contribution is 0.0729. The number of likely N-dealkylation sites (tertiary alicyclic amines) is 1. The Morgan fingerprint density at radius 2 is 2.16 bits per heavy atom. The van der Waals surface area contributed by atoms with Crippen LogP contribution in [0.4, 0.5) is 8.78 Å². The molecule has 1 aliphatic rings. The molecule has 0 spiro atoms. The van der Waals surface area contributed by atoms with Crippen LogP contribution in [0.25, 0.3) is 0 Å². The van der Waals surface area contributed by atoms with Crippen LogP contribution in [0, 0.1) is 18.6 Å². The maximum absolute atomic E-state index is 13.8. The molecule has 1 aliphatic heterocycles. The van der Waals surface area contributed by atoms with Crippen LogP contribution in [0.15, 0.2) is 12.1 Å². The first-order valence-corrected chi connectivity index (χ1v) is 7.49. The fourth-order valence-electron chi connectivity index (χ4n) is 2.51. The summed E-state index contributed by atoms with van der Waals surface area (Å²) < 4.78 is 27.0. The van der Waals surface area contributed by atoms with Crippen molar-refractivity contribution in [2.75, 3.05) is 11.9 Å². The van der Waals surface area contributed by atoms with Crippen LogP contribution in [0.2, 0.25) is 0 Å². The number of hydrogen-bond acceptors (Lipinski definition) is 1. The van der Waals surface area contributed by atoms with Gasteiger partial charge in [-0.3, -0.25) is 4.79 Å². The molecule has 0 saturated carbocycles. The maximum Gasteiger partial charge on any atom is 0.257 e. The van der Waals surface area contributed by atoms with Crippen LogP contribution in [-0.4, -0.2) is 28.7 Å². The standard InChI is InChI=1S/C14H16BrF2NO/c1-9-7-11(13(17)8-12(9)16)14(19)18-6-2-3-10(18)4-5-15/h7-8,10H,2-6H2,1H3. The number of hydrogen-bond donors (Lipinski definition) is 0. The van der Waals surface area contributed by atoms with Gasteiger partial charge in [0.2, 0.25) is 0 Å². The summed E-state index contributed by atoms with van der Waals surface area (Å²) in [7, 11) is 0. The predicted molar refractivity (Wildman–Crippen MR) is 73.6 cm³/mol. The fourth-order valence-corrected chi connectivity index (χ4v) is 3.03. The Balaban J connectivity index is 2.26. The number of benzene rings is 1. The minimum atomic E-state index is -0.780. The third kappa shape index (κ3) is 2.96. The molecule has 2 rings (SSSR count). The molecule has 1 aromatic rings. The molecule has 1 fully saturated rings. The molecule has 1 saturated heterocycles. The molecule has 104 valence electrons. The summed E-state index contributed by atoms with van der Waals surface area (Å²) in [6.45, 7) is 2.18. The molecule has 1 atom stereocenters. The van der Waals surface area contributed by atoms with E-state index in [2.05, 4.69) is 15.9 Å². The molecule has 1 unspecified atom stereocenters. The minimum absolute atomic E-state index is 0.0274. The van der Waals surface area contributed by atoms with E-state index in [-0.39, 0.29) is 17.5 Å². The van der Waals surface area contributed by atoms with Crippen LogP contribution >= 0.6 is 15.9 Å². The highest BCUT2D eigenvalue weighted by Gasteiger charge is 2.30. The van der Waals surface area contributed by atoms with Crippen molar-refractivity contribution in [3.05, 3.63) is 34.9 Å². The van der Waals surface area contributed by atoms with Gasteiger partial charge in [-0.2, -0.15) is 0 Å². The summed E-state index contributed by atoms with van der Waals surface area (Å²) in [4.78, 5) is 14.1. The lowest BCUT2D eigenvalue weighted by Gasteiger charge is -2.24. The lowest BCUT2D eigenvalue weighted by atomic mass is 10.1. The molecule has 0 aliphatic carbocycles. The van der Waals surface area contributed by atoms with Crippen molar-refractivity contribution in [1.82, 2.24) is 4.90 Å². The van der Waals surface area contributed by atoms with Crippen molar-refractivity contribution in [2.45, 2.75) is 32.2 Å². The molecular weight excluding hydrogens is 316 g/mol. The Labute approximate surface area is 119 Å². The highest BCUT2D eigenvalue weighted by molar-refractivity contribution is 9.09. The van der Waals surface area contributed by atoms with E-state index in [9.17, 15) is 13.6 Å². The van der Waals surface area contributed by atoms with Gasteiger partial charge < -0.3 is 4.90 Å². The van der Waals surface area contributed by atoms with Gasteiger partial charge in [-0.25, -0.2) is 8.78 Å². The zero-order valence-electron chi connectivity index (χ0n) is 10.8. The summed E-state index contributed by atoms with van der Waals surface area (Å²) >= 11 is 3.37. The summed E-state index contributed by atoms with van der Waals surface area (Å²) in [6.07, 6.45) is 2.73. The van der Waals surface area contributed by atoms with Crippen molar-refractivity contribution in [3.63, 3.8) is 0 Å². The number of carbonyl (C=O) groups excluding carboxylic acids is 1. The summed E-state index contributed by atoms with van der Waals surface area (Å²) in [6, 6.07) is 2.24. The molecule has 0 bridgehead atoms. The van der Waals surface area contributed by atoms with Gasteiger partial charge in [0.25, 0.3) is 5.91 Å². The number of amides is 1. The zero-order chi connectivity index (χ0) is 14.0. The number of halogens is 3. The molecule has 2 nitrogen and oxygen atoms in total. The molecule has 0 radical (unpaired) electrons. The molecule has 0 N–H and O–H groups in total. The Kier molecular flexibility index (Phi) is 4.55. The van der Waals surface area contributed by atoms with Gasteiger partial charge in [-0.15, -0.1) is 0 Å². The number of nitrogens with zero attached hydrogens (tertiary/aromatic N) is 1. The monoisotopic (exact) mass is 331 g/mol. The molecule has 1 heterocycles. The first kappa shape index (κ1) is 14.4. The van der Waals surface area contributed by atoms with E-state index in [1.54, 1.807) is 4.90 Å². The normalized spacial score (nSPS) is 18.9. The molecular formula is C14H16BrF2NO. The van der Waals surface area contributed by atoms with Gasteiger partial charge in [-0.1, -0.05) is 15.9 Å². The van der Waals surface area contributed by atoms with Gasteiger partial charge in [0.15, 0.2) is 0 Å². The third-order valence-corrected chi connectivity index (χ3v) is 4.02. The first-order valence-electron chi connectivity index (χ1n) is 6.37. The number of aryl methyl sites for hydroxylation is 1. The Hall–Kier alpha value is -0.970. The molecule has 1 amide bonds. The Bertz CT molecular complexity index is 493. The zero-order valence-corrected chi connectivity index (χ0v) is 12.3. The van der Waals surface area contributed by atoms with E-state index in [4.69, 9.17) is 0 Å². The number of rotatable bonds is 3. The predicted octanol–water partition coefficient (Wildman–Crippen LogP) is 3.66. The largest absolute Gasteiger partial charge is 0.336 e. The van der Waals surface area contributed by atoms with Gasteiger partial charge in [0.1, 0.15) is 11.6 Å². The fraction of sp³-hybridized carbons (Fsp3) is 0.500. The van der Waals surface area contributed by atoms with E-state index < -0.39 is 11.6 Å². The molecule has 1 aromatic carbocycles. The smallest absolute Gasteiger partial charge is 0.257 e. The second kappa shape index (κ2) is 5.99. The van der Waals surface area contributed by atoms with Gasteiger partial charge in [0.05, 0.1) is 5.56 Å². The van der Waals surface area contributed by atoms with E-state index in [1.165, 1.54) is 13.0 Å². The Morgan fingerprint density at radius 1 is 1.42 bits per heavy atom. The average molecular weight is 332 g/mol. The highest BCUT2D eigenvalue weighted by atomic mass is 79.9. The SMILES string of the molecule is Cc1cc(C(=O)N2CCCC2CCBr)c(F)cc1F. The van der Waals surface area contributed by atoms with E-state index in [0.29, 0.717) is 12.1 Å². The van der Waals surface area contributed by atoms with Crippen LogP contribution in [-0.2, 0) is 0 Å². The van der Waals surface area contributed by atoms with Gasteiger partial charge >= 0.3 is 0 Å². The number of carbonyl (C=O) groups is 1. The van der Waals surface area contributed by atoms with E-state index in [1.807, 2.05) is 0 Å². The Morgan fingerprint density at radius 3 is 2.84 bits per heavy atom. The summed E-state index contributed by atoms with van der Waals surface area (Å²) in [5.41, 5.74) is 0.265. The lowest BCUT2D eigenvalue weighted by Crippen LogP contribution is -2.36. The van der Waals surface area contributed by atoms with Gasteiger partial charge in [0, 0.05) is 24.0 Å². The highest BCUT2D eigenvalue weighted by Crippen LogP contribution is 2.25. The number of alkyl halides is 1. The summed E-state index contributed by atoms with van der Waals surface area (Å²) in [5, 5.41) is 0.812. The van der Waals surface area contributed by atoms with Crippen LogP contribution in [0.1, 0.15) is 35.2 Å². The quantitative estimate of drug-likeness (QED) is 0.774. The van der Waals surface area contributed by atoms with E-state index >= 15 is 0 Å². The minimum Gasteiger partial charge on any atom is -0.336 e. The van der Waals surface area contributed by atoms with Crippen LogP contribution in [0.3, 0.4) is 0 Å². The second-order valence-corrected chi connectivity index (χ2v) is 5.65. The topological polar surface area (TPSA) is 20.3 Å². The average Bonchev–Trinajstić information content (AvgIpc) is 2.82. The second-order valence-electron chi connectivity index (χ2n) is 4.85. The van der Waals surface area contributed by atoms with Gasteiger partial charge in [-0.05, 0) is 37.8 Å².